The molecule has 8 nitrogen and oxygen atoms in total. The number of carbonyl (C=O) groups is 1. The third-order valence-electron chi connectivity index (χ3n) is 5.54. The third-order valence-corrected chi connectivity index (χ3v) is 5.54. The van der Waals surface area contributed by atoms with Gasteiger partial charge in [-0.2, -0.15) is 23.0 Å². The molecule has 37 heavy (non-hydrogen) atoms. The Labute approximate surface area is 209 Å². The number of hydrogen-bond donors (Lipinski definition) is 1. The Morgan fingerprint density at radius 3 is 2.43 bits per heavy atom. The molecular formula is C26H22F3N5O3. The minimum atomic E-state index is -4.60. The number of nitrogens with zero attached hydrogens (tertiary/aromatic N) is 4. The Morgan fingerprint density at radius 2 is 1.76 bits per heavy atom. The van der Waals surface area contributed by atoms with Crippen LogP contribution < -0.4 is 16.6 Å². The van der Waals surface area contributed by atoms with Gasteiger partial charge in [0.1, 0.15) is 0 Å². The minimum Gasteiger partial charge on any atom is -0.350 e. The molecule has 0 bridgehead atoms. The van der Waals surface area contributed by atoms with Crippen molar-refractivity contribution in [2.24, 2.45) is 0 Å². The zero-order valence-electron chi connectivity index (χ0n) is 19.7. The second kappa shape index (κ2) is 10.6. The maximum atomic E-state index is 13.2. The molecular weight excluding hydrogens is 487 g/mol. The summed E-state index contributed by atoms with van der Waals surface area (Å²) >= 11 is 0. The van der Waals surface area contributed by atoms with Crippen LogP contribution in [0.3, 0.4) is 0 Å². The lowest BCUT2D eigenvalue weighted by Crippen LogP contribution is -2.46. The number of nitrogens with one attached hydrogen (secondary N) is 1. The van der Waals surface area contributed by atoms with Crippen LogP contribution in [0.5, 0.6) is 0 Å². The largest absolute Gasteiger partial charge is 0.416 e. The maximum Gasteiger partial charge on any atom is 0.416 e. The van der Waals surface area contributed by atoms with Crippen LogP contribution in [-0.2, 0) is 19.1 Å². The van der Waals surface area contributed by atoms with Crippen molar-refractivity contribution >= 4 is 5.91 Å². The van der Waals surface area contributed by atoms with Crippen molar-refractivity contribution in [1.29, 1.82) is 0 Å². The van der Waals surface area contributed by atoms with E-state index in [1.807, 2.05) is 6.92 Å². The minimum absolute atomic E-state index is 0.0668. The van der Waals surface area contributed by atoms with E-state index < -0.39 is 41.1 Å². The second-order valence-corrected chi connectivity index (χ2v) is 8.29. The Hall–Kier alpha value is -4.54. The van der Waals surface area contributed by atoms with Crippen LogP contribution in [0.25, 0.3) is 5.69 Å². The molecule has 0 unspecified atom stereocenters. The Kier molecular flexibility index (Phi) is 7.32. The van der Waals surface area contributed by atoms with E-state index in [-0.39, 0.29) is 17.8 Å². The summed E-state index contributed by atoms with van der Waals surface area (Å²) in [4.78, 5) is 43.5. The standard InChI is InChI=1S/C26H22F3N5O3/c1-17-8-10-21(11-9-17)34-25(37)33(16-18-5-4-6-19(15-18)26(27,28)29)24(36)22(32-34)23(35)31-14-12-20-7-2-3-13-30-20/h2-11,13,15H,12,14,16H2,1H3,(H,31,35). The summed E-state index contributed by atoms with van der Waals surface area (Å²) in [7, 11) is 0. The fraction of sp³-hybridized carbons (Fsp3) is 0.192. The lowest BCUT2D eigenvalue weighted by atomic mass is 10.1. The fourth-order valence-corrected chi connectivity index (χ4v) is 3.61. The van der Waals surface area contributed by atoms with Crippen molar-refractivity contribution in [2.45, 2.75) is 26.1 Å². The number of pyridine rings is 1. The van der Waals surface area contributed by atoms with Gasteiger partial charge in [0.15, 0.2) is 0 Å². The number of carbonyl (C=O) groups excluding carboxylic acids is 1. The van der Waals surface area contributed by atoms with Crippen LogP contribution in [0.15, 0.2) is 82.5 Å². The van der Waals surface area contributed by atoms with Gasteiger partial charge < -0.3 is 5.32 Å². The average Bonchev–Trinajstić information content (AvgIpc) is 2.87. The first-order chi connectivity index (χ1) is 17.6. The van der Waals surface area contributed by atoms with E-state index in [9.17, 15) is 27.6 Å². The fourth-order valence-electron chi connectivity index (χ4n) is 3.61. The summed E-state index contributed by atoms with van der Waals surface area (Å²) in [6.07, 6.45) is -2.59. The lowest BCUT2D eigenvalue weighted by molar-refractivity contribution is -0.137. The maximum absolute atomic E-state index is 13.2. The number of hydrogen-bond acceptors (Lipinski definition) is 5. The van der Waals surface area contributed by atoms with Crippen molar-refractivity contribution in [3.63, 3.8) is 0 Å². The average molecular weight is 509 g/mol. The Balaban J connectivity index is 1.73. The van der Waals surface area contributed by atoms with Crippen LogP contribution in [0, 0.1) is 6.92 Å². The summed E-state index contributed by atoms with van der Waals surface area (Å²) in [5.74, 6) is -0.820. The van der Waals surface area contributed by atoms with E-state index in [1.54, 1.807) is 48.7 Å². The SMILES string of the molecule is Cc1ccc(-n2nc(C(=O)NCCc3ccccn3)c(=O)n(Cc3cccc(C(F)(F)F)c3)c2=O)cc1. The number of rotatable bonds is 7. The molecule has 0 atom stereocenters. The van der Waals surface area contributed by atoms with Gasteiger partial charge >= 0.3 is 11.9 Å². The monoisotopic (exact) mass is 509 g/mol. The summed E-state index contributed by atoms with van der Waals surface area (Å²) in [6.45, 7) is 1.51. The second-order valence-electron chi connectivity index (χ2n) is 8.29. The molecule has 1 N–H and O–H groups in total. The number of aryl methyl sites for hydroxylation is 1. The van der Waals surface area contributed by atoms with Crippen molar-refractivity contribution in [2.75, 3.05) is 6.54 Å². The summed E-state index contributed by atoms with van der Waals surface area (Å²) in [5, 5.41) is 6.62. The van der Waals surface area contributed by atoms with Crippen molar-refractivity contribution < 1.29 is 18.0 Å². The molecule has 0 saturated heterocycles. The molecule has 0 radical (unpaired) electrons. The molecule has 2 heterocycles. The van der Waals surface area contributed by atoms with E-state index in [1.165, 1.54) is 12.1 Å². The summed E-state index contributed by atoms with van der Waals surface area (Å²) in [5.41, 5.74) is -1.40. The molecule has 0 aliphatic heterocycles. The molecule has 4 aromatic rings. The molecule has 0 saturated carbocycles. The normalized spacial score (nSPS) is 11.4. The highest BCUT2D eigenvalue weighted by molar-refractivity contribution is 5.91. The number of aromatic nitrogens is 4. The highest BCUT2D eigenvalue weighted by Gasteiger charge is 2.30. The molecule has 0 spiro atoms. The molecule has 2 aromatic heterocycles. The van der Waals surface area contributed by atoms with Crippen LogP contribution >= 0.6 is 0 Å². The van der Waals surface area contributed by atoms with Gasteiger partial charge in [-0.1, -0.05) is 35.9 Å². The molecule has 190 valence electrons. The number of benzene rings is 2. The van der Waals surface area contributed by atoms with Crippen molar-refractivity contribution in [3.8, 4) is 5.69 Å². The number of halogens is 3. The van der Waals surface area contributed by atoms with E-state index in [2.05, 4.69) is 15.4 Å². The predicted molar refractivity (Wildman–Crippen MR) is 130 cm³/mol. The first-order valence-electron chi connectivity index (χ1n) is 11.3. The molecule has 0 aliphatic rings. The van der Waals surface area contributed by atoms with Gasteiger partial charge in [-0.05, 0) is 48.9 Å². The zero-order valence-corrected chi connectivity index (χ0v) is 19.7. The lowest BCUT2D eigenvalue weighted by Gasteiger charge is -2.13. The summed E-state index contributed by atoms with van der Waals surface area (Å²) < 4.78 is 41.2. The van der Waals surface area contributed by atoms with Gasteiger partial charge in [0, 0.05) is 24.9 Å². The smallest absolute Gasteiger partial charge is 0.350 e. The molecule has 4 rings (SSSR count). The quantitative estimate of drug-likeness (QED) is 0.413. The van der Waals surface area contributed by atoms with Crippen LogP contribution in [0.1, 0.15) is 32.9 Å². The van der Waals surface area contributed by atoms with Crippen molar-refractivity contribution in [3.05, 3.63) is 122 Å². The van der Waals surface area contributed by atoms with Gasteiger partial charge in [0.05, 0.1) is 17.8 Å². The predicted octanol–water partition coefficient (Wildman–Crippen LogP) is 3.14. The zero-order chi connectivity index (χ0) is 26.6. The number of alkyl halides is 3. The van der Waals surface area contributed by atoms with Crippen LogP contribution in [0.2, 0.25) is 0 Å². The third kappa shape index (κ3) is 6.00. The molecule has 2 aromatic carbocycles. The van der Waals surface area contributed by atoms with Crippen LogP contribution in [0.4, 0.5) is 13.2 Å². The molecule has 1 amide bonds. The van der Waals surface area contributed by atoms with Gasteiger partial charge in [0.2, 0.25) is 5.69 Å². The van der Waals surface area contributed by atoms with E-state index in [0.29, 0.717) is 11.0 Å². The van der Waals surface area contributed by atoms with Gasteiger partial charge in [-0.3, -0.25) is 19.1 Å². The van der Waals surface area contributed by atoms with Gasteiger partial charge in [-0.25, -0.2) is 4.79 Å². The topological polar surface area (TPSA) is 98.9 Å². The van der Waals surface area contributed by atoms with E-state index >= 15 is 0 Å². The van der Waals surface area contributed by atoms with E-state index in [0.717, 1.165) is 28.1 Å². The van der Waals surface area contributed by atoms with Crippen molar-refractivity contribution in [1.82, 2.24) is 24.6 Å². The Morgan fingerprint density at radius 1 is 1.00 bits per heavy atom. The van der Waals surface area contributed by atoms with Crippen LogP contribution in [-0.4, -0.2) is 31.8 Å². The highest BCUT2D eigenvalue weighted by Crippen LogP contribution is 2.29. The molecule has 0 aliphatic carbocycles. The summed E-state index contributed by atoms with van der Waals surface area (Å²) in [6, 6.07) is 16.3. The van der Waals surface area contributed by atoms with E-state index in [4.69, 9.17) is 0 Å². The Bertz CT molecular complexity index is 1530. The first-order valence-corrected chi connectivity index (χ1v) is 11.3. The first kappa shape index (κ1) is 25.5. The highest BCUT2D eigenvalue weighted by atomic mass is 19.4. The van der Waals surface area contributed by atoms with Gasteiger partial charge in [0.25, 0.3) is 11.5 Å². The number of amides is 1. The molecule has 0 fully saturated rings. The molecule has 11 heteroatoms. The van der Waals surface area contributed by atoms with Gasteiger partial charge in [-0.15, -0.1) is 0 Å².